The smallest absolute Gasteiger partial charge is 0.283 e. The molecule has 6 rings (SSSR count). The minimum absolute atomic E-state index is 0.0315. The zero-order chi connectivity index (χ0) is 28.6. The molecule has 3 aromatic carbocycles. The summed E-state index contributed by atoms with van der Waals surface area (Å²) in [5.41, 5.74) is 4.17. The Labute approximate surface area is 248 Å². The first-order chi connectivity index (χ1) is 19.8. The Balaban J connectivity index is 1.43. The molecular formula is C34H38N3O2SSi. The van der Waals surface area contributed by atoms with Crippen LogP contribution in [0, 0.1) is 0 Å². The van der Waals surface area contributed by atoms with Gasteiger partial charge in [0.1, 0.15) is 4.88 Å². The highest BCUT2D eigenvalue weighted by atomic mass is 32.1. The molecule has 0 aliphatic heterocycles. The summed E-state index contributed by atoms with van der Waals surface area (Å²) in [6.45, 7) is 7.01. The molecule has 1 radical (unpaired) electrons. The number of carbonyl (C=O) groups excluding carboxylic acids is 1. The normalized spacial score (nSPS) is 14.8. The molecule has 5 aromatic rings. The predicted octanol–water partition coefficient (Wildman–Crippen LogP) is 6.57. The second-order valence-electron chi connectivity index (χ2n) is 12.1. The third-order valence-electron chi connectivity index (χ3n) is 8.28. The molecule has 0 N–H and O–H groups in total. The van der Waals surface area contributed by atoms with Crippen molar-refractivity contribution in [2.45, 2.75) is 70.9 Å². The van der Waals surface area contributed by atoms with E-state index >= 15 is 0 Å². The Morgan fingerprint density at radius 1 is 0.976 bits per heavy atom. The number of fused-ring (bicyclic) bond motifs is 3. The largest absolute Gasteiger partial charge is 0.401 e. The maximum atomic E-state index is 14.1. The fourth-order valence-electron chi connectivity index (χ4n) is 5.85. The maximum Gasteiger partial charge on any atom is 0.283 e. The number of hydrogen-bond donors (Lipinski definition) is 0. The van der Waals surface area contributed by atoms with Crippen LogP contribution in [-0.4, -0.2) is 42.3 Å². The van der Waals surface area contributed by atoms with Crippen LogP contribution in [0.25, 0.3) is 16.0 Å². The SMILES string of the molecule is CN(C(=O)c1sc2nc3cc(C(C)(C)C)ccc3n2c1CO[Si](c1ccccc1)c1ccccc1)C1CCCCC1. The molecule has 211 valence electrons. The van der Waals surface area contributed by atoms with Crippen molar-refractivity contribution in [1.82, 2.24) is 14.3 Å². The van der Waals surface area contributed by atoms with E-state index in [1.807, 2.05) is 24.1 Å². The van der Waals surface area contributed by atoms with Crippen LogP contribution in [0.4, 0.5) is 0 Å². The van der Waals surface area contributed by atoms with Crippen LogP contribution < -0.4 is 10.4 Å². The van der Waals surface area contributed by atoms with E-state index < -0.39 is 9.04 Å². The standard InChI is InChI=1S/C34H38N3O2SSi/c1-34(2,3)24-20-21-29-28(22-24)35-33-37(29)30(31(40-33)32(38)36(4)25-14-8-5-9-15-25)23-39-41(26-16-10-6-11-17-26)27-18-12-7-13-19-27/h6-7,10-13,16-22,25H,5,8-9,14-15,23H2,1-4H3. The van der Waals surface area contributed by atoms with E-state index in [-0.39, 0.29) is 11.3 Å². The number of thiazole rings is 1. The van der Waals surface area contributed by atoms with Gasteiger partial charge >= 0.3 is 0 Å². The lowest BCUT2D eigenvalue weighted by atomic mass is 9.87. The molecule has 1 aliphatic carbocycles. The molecule has 2 heterocycles. The molecule has 7 heteroatoms. The van der Waals surface area contributed by atoms with Crippen LogP contribution in [0.3, 0.4) is 0 Å². The van der Waals surface area contributed by atoms with Gasteiger partial charge in [-0.1, -0.05) is 118 Å². The first-order valence-electron chi connectivity index (χ1n) is 14.6. The van der Waals surface area contributed by atoms with Gasteiger partial charge in [0.05, 0.1) is 23.3 Å². The summed E-state index contributed by atoms with van der Waals surface area (Å²) in [5.74, 6) is 0.0821. The number of imidazole rings is 1. The molecule has 1 amide bonds. The van der Waals surface area contributed by atoms with Crippen molar-refractivity contribution >= 4 is 52.7 Å². The van der Waals surface area contributed by atoms with Gasteiger partial charge in [-0.05, 0) is 46.3 Å². The summed E-state index contributed by atoms with van der Waals surface area (Å²) in [4.78, 5) is 22.7. The van der Waals surface area contributed by atoms with Crippen LogP contribution in [0.2, 0.25) is 0 Å². The Bertz CT molecular complexity index is 1610. The quantitative estimate of drug-likeness (QED) is 0.205. The summed E-state index contributed by atoms with van der Waals surface area (Å²) in [6.07, 6.45) is 5.78. The first-order valence-corrected chi connectivity index (χ1v) is 16.9. The van der Waals surface area contributed by atoms with Crippen LogP contribution in [0.5, 0.6) is 0 Å². The minimum Gasteiger partial charge on any atom is -0.401 e. The van der Waals surface area contributed by atoms with Crippen molar-refractivity contribution in [2.24, 2.45) is 0 Å². The van der Waals surface area contributed by atoms with E-state index in [9.17, 15) is 4.79 Å². The van der Waals surface area contributed by atoms with Crippen molar-refractivity contribution in [1.29, 1.82) is 0 Å². The third kappa shape index (κ3) is 5.63. The van der Waals surface area contributed by atoms with E-state index in [0.717, 1.165) is 39.4 Å². The average molecular weight is 581 g/mol. The summed E-state index contributed by atoms with van der Waals surface area (Å²) in [6, 6.07) is 27.8. The number of carbonyl (C=O) groups is 1. The molecular weight excluding hydrogens is 543 g/mol. The lowest BCUT2D eigenvalue weighted by Gasteiger charge is -2.31. The number of rotatable bonds is 7. The molecule has 0 spiro atoms. The zero-order valence-electron chi connectivity index (χ0n) is 24.4. The lowest BCUT2D eigenvalue weighted by molar-refractivity contribution is 0.0698. The van der Waals surface area contributed by atoms with Gasteiger partial charge in [0.2, 0.25) is 0 Å². The van der Waals surface area contributed by atoms with E-state index in [1.54, 1.807) is 0 Å². The van der Waals surface area contributed by atoms with E-state index in [2.05, 4.69) is 91.9 Å². The van der Waals surface area contributed by atoms with Crippen LogP contribution in [0.1, 0.15) is 73.8 Å². The molecule has 2 aromatic heterocycles. The molecule has 5 nitrogen and oxygen atoms in total. The fraction of sp³-hybridized carbons (Fsp3) is 0.353. The summed E-state index contributed by atoms with van der Waals surface area (Å²) in [5, 5.41) is 2.38. The van der Waals surface area contributed by atoms with Crippen molar-refractivity contribution in [3.8, 4) is 0 Å². The number of amides is 1. The molecule has 0 atom stereocenters. The lowest BCUT2D eigenvalue weighted by Crippen LogP contribution is -2.45. The highest BCUT2D eigenvalue weighted by molar-refractivity contribution is 7.19. The number of benzene rings is 3. The summed E-state index contributed by atoms with van der Waals surface area (Å²) < 4.78 is 9.04. The maximum absolute atomic E-state index is 14.1. The molecule has 41 heavy (non-hydrogen) atoms. The van der Waals surface area contributed by atoms with Crippen molar-refractivity contribution in [3.05, 3.63) is 95.0 Å². The fourth-order valence-corrected chi connectivity index (χ4v) is 8.91. The van der Waals surface area contributed by atoms with Crippen molar-refractivity contribution in [2.75, 3.05) is 7.05 Å². The highest BCUT2D eigenvalue weighted by Crippen LogP contribution is 2.33. The zero-order valence-corrected chi connectivity index (χ0v) is 26.2. The predicted molar refractivity (Wildman–Crippen MR) is 171 cm³/mol. The second-order valence-corrected chi connectivity index (χ2v) is 15.2. The van der Waals surface area contributed by atoms with Gasteiger partial charge in [-0.3, -0.25) is 9.20 Å². The number of nitrogens with zero attached hydrogens (tertiary/aromatic N) is 3. The average Bonchev–Trinajstić information content (AvgIpc) is 3.53. The first kappa shape index (κ1) is 27.9. The van der Waals surface area contributed by atoms with E-state index in [1.165, 1.54) is 46.5 Å². The van der Waals surface area contributed by atoms with Crippen LogP contribution in [0.15, 0.2) is 78.9 Å². The van der Waals surface area contributed by atoms with Gasteiger partial charge in [-0.2, -0.15) is 0 Å². The van der Waals surface area contributed by atoms with Gasteiger partial charge in [-0.25, -0.2) is 4.98 Å². The Kier molecular flexibility index (Phi) is 7.85. The number of hydrogen-bond acceptors (Lipinski definition) is 4. The third-order valence-corrected chi connectivity index (χ3v) is 11.5. The van der Waals surface area contributed by atoms with E-state index in [0.29, 0.717) is 12.6 Å². The van der Waals surface area contributed by atoms with Crippen LogP contribution in [-0.2, 0) is 16.4 Å². The molecule has 0 bridgehead atoms. The second kappa shape index (κ2) is 11.5. The Hall–Kier alpha value is -3.26. The van der Waals surface area contributed by atoms with Gasteiger partial charge < -0.3 is 9.33 Å². The van der Waals surface area contributed by atoms with Crippen molar-refractivity contribution in [3.63, 3.8) is 0 Å². The molecule has 1 aliphatic rings. The summed E-state index contributed by atoms with van der Waals surface area (Å²) in [7, 11) is 0.434. The monoisotopic (exact) mass is 580 g/mol. The topological polar surface area (TPSA) is 46.8 Å². The highest BCUT2D eigenvalue weighted by Gasteiger charge is 2.30. The van der Waals surface area contributed by atoms with Crippen molar-refractivity contribution < 1.29 is 9.22 Å². The minimum atomic E-state index is -1.54. The summed E-state index contributed by atoms with van der Waals surface area (Å²) >= 11 is 1.50. The van der Waals surface area contributed by atoms with Gasteiger partial charge in [0.15, 0.2) is 4.96 Å². The molecule has 0 saturated heterocycles. The van der Waals surface area contributed by atoms with Gasteiger partial charge in [0, 0.05) is 13.1 Å². The molecule has 1 fully saturated rings. The Morgan fingerprint density at radius 3 is 2.22 bits per heavy atom. The Morgan fingerprint density at radius 2 is 1.61 bits per heavy atom. The van der Waals surface area contributed by atoms with Gasteiger partial charge in [-0.15, -0.1) is 0 Å². The van der Waals surface area contributed by atoms with Crippen LogP contribution >= 0.6 is 11.3 Å². The molecule has 1 saturated carbocycles. The number of aromatic nitrogens is 2. The molecule has 0 unspecified atom stereocenters. The van der Waals surface area contributed by atoms with E-state index in [4.69, 9.17) is 9.41 Å². The van der Waals surface area contributed by atoms with Gasteiger partial charge in [0.25, 0.3) is 14.9 Å².